The van der Waals surface area contributed by atoms with Crippen molar-refractivity contribution in [2.75, 3.05) is 31.5 Å². The fraction of sp³-hybridized carbons (Fsp3) is 0.775. The van der Waals surface area contributed by atoms with E-state index in [0.29, 0.717) is 95.1 Å². The van der Waals surface area contributed by atoms with Gasteiger partial charge in [0.15, 0.2) is 0 Å². The third-order valence-corrected chi connectivity index (χ3v) is 18.9. The van der Waals surface area contributed by atoms with E-state index in [0.717, 1.165) is 38.5 Å². The molecule has 23 nitrogen and oxygen atoms in total. The van der Waals surface area contributed by atoms with Crippen LogP contribution < -0.4 is 64.6 Å². The molecule has 5 atom stereocenters. The molecule has 1 heterocycles. The molecule has 0 radical (unpaired) electrons. The molecule has 15 N–H and O–H groups in total. The van der Waals surface area contributed by atoms with Crippen LogP contribution in [0.3, 0.4) is 0 Å². The monoisotopic (exact) mass is 1360 g/mol. The number of benzene rings is 1. The van der Waals surface area contributed by atoms with Crippen molar-refractivity contribution in [2.24, 2.45) is 17.2 Å². The molecule has 0 saturated heterocycles. The van der Waals surface area contributed by atoms with Crippen LogP contribution >= 0.6 is 0 Å². The molecule has 1 aromatic carbocycles. The topological polar surface area (TPSA) is 366 Å². The Labute approximate surface area is 571 Å². The average Bonchev–Trinajstić information content (AvgIpc) is 1.81. The molecular formula is C71H128N12O11S. The van der Waals surface area contributed by atoms with E-state index in [4.69, 9.17) is 22.0 Å². The number of anilines is 1. The lowest BCUT2D eigenvalue weighted by atomic mass is 10.0. The smallest absolute Gasteiger partial charge is 0.264 e. The highest BCUT2D eigenvalue weighted by atomic mass is 32.2. The largest absolute Gasteiger partial charge is 0.389 e. The van der Waals surface area contributed by atoms with Crippen LogP contribution in [0.15, 0.2) is 40.6 Å². The Morgan fingerprint density at radius 1 is 0.453 bits per heavy atom. The number of amides is 8. The van der Waals surface area contributed by atoms with E-state index in [9.17, 15) is 46.8 Å². The molecule has 1 aliphatic rings. The fourth-order valence-electron chi connectivity index (χ4n) is 11.3. The van der Waals surface area contributed by atoms with Gasteiger partial charge in [-0.05, 0) is 141 Å². The van der Waals surface area contributed by atoms with Gasteiger partial charge in [-0.15, -0.1) is 5.48 Å². The quantitative estimate of drug-likeness (QED) is 0.0270. The first-order chi connectivity index (χ1) is 45.8. The maximum atomic E-state index is 14.3. The summed E-state index contributed by atoms with van der Waals surface area (Å²) in [6.07, 6.45) is 36.4. The van der Waals surface area contributed by atoms with Crippen LogP contribution in [0, 0.1) is 0 Å². The summed E-state index contributed by atoms with van der Waals surface area (Å²) in [5.41, 5.74) is 21.2. The number of primary amides is 1. The van der Waals surface area contributed by atoms with Crippen molar-refractivity contribution in [3.8, 4) is 0 Å². The van der Waals surface area contributed by atoms with Crippen LogP contribution in [-0.2, 0) is 53.2 Å². The molecule has 0 fully saturated rings. The minimum Gasteiger partial charge on any atom is -0.389 e. The average molecular weight is 1360 g/mol. The number of hydrogen-bond donors (Lipinski definition) is 12. The van der Waals surface area contributed by atoms with Gasteiger partial charge in [-0.1, -0.05) is 168 Å². The Morgan fingerprint density at radius 2 is 0.811 bits per heavy atom. The molecule has 5 unspecified atom stereocenters. The normalized spacial score (nSPS) is 14.2. The van der Waals surface area contributed by atoms with Crippen LogP contribution in [0.4, 0.5) is 5.69 Å². The minimum absolute atomic E-state index is 0.00404. The van der Waals surface area contributed by atoms with Crippen LogP contribution in [0.2, 0.25) is 0 Å². The van der Waals surface area contributed by atoms with Crippen molar-refractivity contribution in [2.45, 2.75) is 332 Å². The summed E-state index contributed by atoms with van der Waals surface area (Å²) in [7, 11) is -3.96. The van der Waals surface area contributed by atoms with E-state index in [1.165, 1.54) is 146 Å². The Balaban J connectivity index is 1.99. The predicted molar refractivity (Wildman–Crippen MR) is 378 cm³/mol. The minimum atomic E-state index is -3.96. The summed E-state index contributed by atoms with van der Waals surface area (Å²) in [4.78, 5) is 112. The van der Waals surface area contributed by atoms with Crippen LogP contribution in [-0.4, -0.2) is 112 Å². The number of unbranched alkanes of at least 4 members (excludes halogenated alkanes) is 28. The maximum Gasteiger partial charge on any atom is 0.264 e. The van der Waals surface area contributed by atoms with Gasteiger partial charge in [0.25, 0.3) is 10.0 Å². The number of sulfonamides is 1. The van der Waals surface area contributed by atoms with Gasteiger partial charge in [-0.25, -0.2) is 13.1 Å². The van der Waals surface area contributed by atoms with E-state index < -0.39 is 69.6 Å². The Hall–Kier alpha value is -5.85. The highest BCUT2D eigenvalue weighted by Gasteiger charge is 2.31. The Morgan fingerprint density at radius 3 is 1.21 bits per heavy atom. The predicted octanol–water partition coefficient (Wildman–Crippen LogP) is 10.1. The van der Waals surface area contributed by atoms with Crippen molar-refractivity contribution in [1.29, 1.82) is 0 Å². The fourth-order valence-corrected chi connectivity index (χ4v) is 12.4. The van der Waals surface area contributed by atoms with Gasteiger partial charge < -0.3 is 59.3 Å². The standard InChI is InChI=1S/C71H128N12O11S/c1-5-7-9-11-13-15-17-19-21-23-25-27-29-43-63(84)75-53-38-34-42-60(78-65(86)44-30-28-26-24-22-20-18-16-14-12-10-8-6-2)68(89)80-62(41-32-36-52-73)70(91)81-61(40-31-35-51-72)69(90)79-59(67(74)88)39-33-37-54-76-64(85)49-50-66(87)77-57-45-47-58(48-46-57)95(92,93)83-71-55(3)56(4)82-94-71/h45-48,56,59-62,82-83H,5-44,49-54,72-73H2,1-4H3,(H2,74,88)(H,75,84)(H,76,85)(H,77,87)(H,78,86)(H,79,90)(H,80,89)(H,81,91). The Kier molecular flexibility index (Phi) is 48.6. The van der Waals surface area contributed by atoms with Crippen LogP contribution in [0.1, 0.15) is 297 Å². The van der Waals surface area contributed by atoms with E-state index in [2.05, 4.69) is 61.3 Å². The number of carbonyl (C=O) groups is 8. The SMILES string of the molecule is CCCCCCCCCCCCCCCC(=O)NCCCCC(NC(=O)CCCCCCCCCCCCCCC)C(=O)NC(CCCCN)C(=O)NC(CCCCN)C(=O)NC(CCCCNC(=O)CCC(=O)Nc1ccc(S(=O)(=O)NC2=C(C)C(C)NO2)cc1)C(N)=O. The third kappa shape index (κ3) is 41.8. The maximum absolute atomic E-state index is 14.3. The van der Waals surface area contributed by atoms with Gasteiger partial charge in [0.2, 0.25) is 53.1 Å². The number of nitrogens with two attached hydrogens (primary N) is 3. The summed E-state index contributed by atoms with van der Waals surface area (Å²) in [5.74, 6) is -3.61. The number of hydrogen-bond acceptors (Lipinski definition) is 14. The molecule has 0 aliphatic carbocycles. The molecule has 0 saturated carbocycles. The van der Waals surface area contributed by atoms with Crippen molar-refractivity contribution >= 4 is 63.0 Å². The molecule has 0 spiro atoms. The van der Waals surface area contributed by atoms with E-state index in [1.807, 2.05) is 6.92 Å². The second-order valence-electron chi connectivity index (χ2n) is 26.1. The molecule has 2 rings (SSSR count). The van der Waals surface area contributed by atoms with Crippen molar-refractivity contribution in [1.82, 2.24) is 42.1 Å². The number of hydroxylamine groups is 1. The zero-order chi connectivity index (χ0) is 69.7. The van der Waals surface area contributed by atoms with Gasteiger partial charge in [0.1, 0.15) is 24.2 Å². The zero-order valence-corrected chi connectivity index (χ0v) is 59.7. The summed E-state index contributed by atoms with van der Waals surface area (Å²) in [6.45, 7) is 9.37. The Bertz CT molecular complexity index is 2470. The van der Waals surface area contributed by atoms with Gasteiger partial charge in [-0.2, -0.15) is 0 Å². The molecule has 0 bridgehead atoms. The van der Waals surface area contributed by atoms with Crippen molar-refractivity contribution in [3.05, 3.63) is 35.7 Å². The first-order valence-corrected chi connectivity index (χ1v) is 38.3. The lowest BCUT2D eigenvalue weighted by Crippen LogP contribution is -2.58. The van der Waals surface area contributed by atoms with Crippen LogP contribution in [0.5, 0.6) is 0 Å². The van der Waals surface area contributed by atoms with Gasteiger partial charge in [0.05, 0.1) is 10.9 Å². The van der Waals surface area contributed by atoms with Crippen molar-refractivity contribution in [3.63, 3.8) is 0 Å². The molecular weight excluding hydrogens is 1230 g/mol. The molecule has 544 valence electrons. The van der Waals surface area contributed by atoms with Gasteiger partial charge >= 0.3 is 0 Å². The van der Waals surface area contributed by atoms with Gasteiger partial charge in [0, 0.05) is 50.0 Å². The summed E-state index contributed by atoms with van der Waals surface area (Å²) in [5, 5.41) is 19.8. The second-order valence-corrected chi connectivity index (χ2v) is 27.8. The lowest BCUT2D eigenvalue weighted by Gasteiger charge is -2.26. The first kappa shape index (κ1) is 85.2. The third-order valence-electron chi connectivity index (χ3n) is 17.6. The van der Waals surface area contributed by atoms with Crippen LogP contribution in [0.25, 0.3) is 0 Å². The number of carbonyl (C=O) groups excluding carboxylic acids is 8. The van der Waals surface area contributed by atoms with E-state index >= 15 is 0 Å². The van der Waals surface area contributed by atoms with E-state index in [-0.39, 0.29) is 80.1 Å². The highest BCUT2D eigenvalue weighted by Crippen LogP contribution is 2.21. The molecule has 0 aromatic heterocycles. The molecule has 95 heavy (non-hydrogen) atoms. The van der Waals surface area contributed by atoms with Crippen molar-refractivity contribution < 1.29 is 51.6 Å². The number of rotatable bonds is 61. The molecule has 8 amide bonds. The summed E-state index contributed by atoms with van der Waals surface area (Å²) in [6, 6.07) is 1.07. The lowest BCUT2D eigenvalue weighted by molar-refractivity contribution is -0.134. The summed E-state index contributed by atoms with van der Waals surface area (Å²) >= 11 is 0. The second kappa shape index (κ2) is 54.2. The number of nitrogens with one attached hydrogen (secondary N) is 9. The van der Waals surface area contributed by atoms with Gasteiger partial charge in [-0.3, -0.25) is 38.4 Å². The molecule has 24 heteroatoms. The summed E-state index contributed by atoms with van der Waals surface area (Å²) < 4.78 is 28.2. The molecule has 1 aromatic rings. The molecule has 1 aliphatic heterocycles. The zero-order valence-electron chi connectivity index (χ0n) is 58.9. The first-order valence-electron chi connectivity index (χ1n) is 36.8. The highest BCUT2D eigenvalue weighted by molar-refractivity contribution is 7.89. The van der Waals surface area contributed by atoms with E-state index in [1.54, 1.807) is 6.92 Å².